The molecule has 1 aromatic rings. The van der Waals surface area contributed by atoms with Crippen molar-refractivity contribution in [1.82, 2.24) is 5.32 Å². The van der Waals surface area contributed by atoms with Crippen LogP contribution in [0.2, 0.25) is 0 Å². The van der Waals surface area contributed by atoms with E-state index in [0.29, 0.717) is 0 Å². The van der Waals surface area contributed by atoms with Gasteiger partial charge in [0.25, 0.3) is 0 Å². The molecule has 2 aliphatic rings. The lowest BCUT2D eigenvalue weighted by molar-refractivity contribution is 0.220. The van der Waals surface area contributed by atoms with Gasteiger partial charge in [-0.2, -0.15) is 0 Å². The number of hydrogen-bond acceptors (Lipinski definition) is 2. The SMILES string of the molecule is C/C=C\C1=C(/C)C[C@H](C)Oc2ccccc2C1=C1CCNCC1. The van der Waals surface area contributed by atoms with E-state index in [1.165, 1.54) is 22.3 Å². The van der Waals surface area contributed by atoms with E-state index < -0.39 is 0 Å². The first-order valence-corrected chi connectivity index (χ1v) is 8.72. The Morgan fingerprint density at radius 2 is 1.91 bits per heavy atom. The largest absolute Gasteiger partial charge is 0.490 e. The molecule has 0 aromatic heterocycles. The van der Waals surface area contributed by atoms with Gasteiger partial charge in [0.2, 0.25) is 0 Å². The summed E-state index contributed by atoms with van der Waals surface area (Å²) in [7, 11) is 0. The van der Waals surface area contributed by atoms with E-state index in [2.05, 4.69) is 62.5 Å². The zero-order chi connectivity index (χ0) is 16.2. The van der Waals surface area contributed by atoms with Gasteiger partial charge in [0.1, 0.15) is 5.75 Å². The molecule has 1 N–H and O–H groups in total. The third kappa shape index (κ3) is 3.42. The summed E-state index contributed by atoms with van der Waals surface area (Å²) < 4.78 is 6.25. The molecule has 1 aromatic carbocycles. The van der Waals surface area contributed by atoms with Gasteiger partial charge in [-0.05, 0) is 63.9 Å². The summed E-state index contributed by atoms with van der Waals surface area (Å²) >= 11 is 0. The summed E-state index contributed by atoms with van der Waals surface area (Å²) in [5.41, 5.74) is 7.04. The Morgan fingerprint density at radius 1 is 1.17 bits per heavy atom. The van der Waals surface area contributed by atoms with Crippen LogP contribution in [0, 0.1) is 0 Å². The molecule has 1 saturated heterocycles. The van der Waals surface area contributed by atoms with Crippen LogP contribution in [0.5, 0.6) is 5.75 Å². The fourth-order valence-electron chi connectivity index (χ4n) is 3.69. The zero-order valence-corrected chi connectivity index (χ0v) is 14.5. The van der Waals surface area contributed by atoms with Crippen molar-refractivity contribution >= 4 is 5.57 Å². The lowest BCUT2D eigenvalue weighted by atomic mass is 9.84. The van der Waals surface area contributed by atoms with E-state index in [1.807, 2.05) is 0 Å². The first kappa shape index (κ1) is 16.1. The Labute approximate surface area is 139 Å². The number of ether oxygens (including phenoxy) is 1. The van der Waals surface area contributed by atoms with Crippen LogP contribution in [0.4, 0.5) is 0 Å². The van der Waals surface area contributed by atoms with Gasteiger partial charge in [-0.1, -0.05) is 41.5 Å². The highest BCUT2D eigenvalue weighted by Crippen LogP contribution is 2.40. The number of hydrogen-bond donors (Lipinski definition) is 1. The van der Waals surface area contributed by atoms with Crippen molar-refractivity contribution in [3.8, 4) is 5.75 Å². The first-order valence-electron chi connectivity index (χ1n) is 8.72. The van der Waals surface area contributed by atoms with Crippen LogP contribution < -0.4 is 10.1 Å². The Balaban J connectivity index is 2.25. The molecule has 3 rings (SSSR count). The summed E-state index contributed by atoms with van der Waals surface area (Å²) in [6.45, 7) is 8.66. The van der Waals surface area contributed by atoms with E-state index >= 15 is 0 Å². The summed E-state index contributed by atoms with van der Waals surface area (Å²) in [5.74, 6) is 1.02. The molecule has 23 heavy (non-hydrogen) atoms. The van der Waals surface area contributed by atoms with Crippen molar-refractivity contribution in [1.29, 1.82) is 0 Å². The van der Waals surface area contributed by atoms with Crippen LogP contribution in [0.15, 0.2) is 53.1 Å². The Kier molecular flexibility index (Phi) is 5.02. The number of para-hydroxylation sites is 1. The Hall–Kier alpha value is -1.80. The standard InChI is InChI=1S/C21H27NO/c1-4-7-18-15(2)14-16(3)23-20-9-6-5-8-19(20)21(18)17-10-12-22-13-11-17/h4-9,16,22H,10-14H2,1-3H3/b7-4-,18-15-/t16-/m0/s1. The maximum absolute atomic E-state index is 6.25. The smallest absolute Gasteiger partial charge is 0.127 e. The highest BCUT2D eigenvalue weighted by molar-refractivity contribution is 5.87. The van der Waals surface area contributed by atoms with Crippen molar-refractivity contribution < 1.29 is 4.74 Å². The fraction of sp³-hybridized carbons (Fsp3) is 0.429. The number of fused-ring (bicyclic) bond motifs is 1. The van der Waals surface area contributed by atoms with E-state index in [-0.39, 0.29) is 6.10 Å². The van der Waals surface area contributed by atoms with Gasteiger partial charge in [-0.3, -0.25) is 0 Å². The Bertz CT molecular complexity index is 658. The van der Waals surface area contributed by atoms with Crippen LogP contribution in [-0.4, -0.2) is 19.2 Å². The average molecular weight is 309 g/mol. The first-order chi connectivity index (χ1) is 11.2. The molecule has 2 aliphatic heterocycles. The second kappa shape index (κ2) is 7.18. The van der Waals surface area contributed by atoms with Crippen LogP contribution in [0.25, 0.3) is 5.57 Å². The predicted octanol–water partition coefficient (Wildman–Crippen LogP) is 4.89. The maximum atomic E-state index is 6.25. The van der Waals surface area contributed by atoms with Crippen molar-refractivity contribution in [3.63, 3.8) is 0 Å². The monoisotopic (exact) mass is 309 g/mol. The van der Waals surface area contributed by atoms with Crippen LogP contribution in [-0.2, 0) is 0 Å². The molecule has 2 nitrogen and oxygen atoms in total. The lowest BCUT2D eigenvalue weighted by Gasteiger charge is -2.28. The van der Waals surface area contributed by atoms with Crippen LogP contribution >= 0.6 is 0 Å². The molecule has 0 amide bonds. The van der Waals surface area contributed by atoms with E-state index in [4.69, 9.17) is 4.74 Å². The molecular formula is C21H27NO. The molecule has 0 bridgehead atoms. The minimum atomic E-state index is 0.205. The number of rotatable bonds is 1. The lowest BCUT2D eigenvalue weighted by Crippen LogP contribution is -2.24. The average Bonchev–Trinajstić information content (AvgIpc) is 2.55. The summed E-state index contributed by atoms with van der Waals surface area (Å²) in [6, 6.07) is 8.53. The Morgan fingerprint density at radius 3 is 2.65 bits per heavy atom. The highest BCUT2D eigenvalue weighted by atomic mass is 16.5. The number of nitrogens with one attached hydrogen (secondary N) is 1. The highest BCUT2D eigenvalue weighted by Gasteiger charge is 2.23. The van der Waals surface area contributed by atoms with Gasteiger partial charge >= 0.3 is 0 Å². The van der Waals surface area contributed by atoms with Crippen LogP contribution in [0.1, 0.15) is 45.6 Å². The topological polar surface area (TPSA) is 21.3 Å². The number of benzene rings is 1. The van der Waals surface area contributed by atoms with Crippen molar-refractivity contribution in [2.45, 2.75) is 46.1 Å². The van der Waals surface area contributed by atoms with Gasteiger partial charge in [-0.15, -0.1) is 0 Å². The maximum Gasteiger partial charge on any atom is 0.127 e. The van der Waals surface area contributed by atoms with Gasteiger partial charge in [0.05, 0.1) is 6.10 Å². The summed E-state index contributed by atoms with van der Waals surface area (Å²) in [6.07, 6.45) is 7.87. The third-order valence-corrected chi connectivity index (χ3v) is 4.70. The predicted molar refractivity (Wildman–Crippen MR) is 97.7 cm³/mol. The quantitative estimate of drug-likeness (QED) is 0.797. The molecule has 2 heteroatoms. The van der Waals surface area contributed by atoms with Gasteiger partial charge in [-0.25, -0.2) is 0 Å². The minimum Gasteiger partial charge on any atom is -0.490 e. The molecule has 0 aliphatic carbocycles. The normalized spacial score (nSPS) is 25.8. The van der Waals surface area contributed by atoms with Gasteiger partial charge < -0.3 is 10.1 Å². The number of piperidine rings is 1. The van der Waals surface area contributed by atoms with Gasteiger partial charge in [0.15, 0.2) is 0 Å². The van der Waals surface area contributed by atoms with Crippen molar-refractivity contribution in [2.24, 2.45) is 0 Å². The molecule has 1 atom stereocenters. The summed E-state index contributed by atoms with van der Waals surface area (Å²) in [4.78, 5) is 0. The second-order valence-corrected chi connectivity index (χ2v) is 6.55. The molecule has 0 saturated carbocycles. The summed E-state index contributed by atoms with van der Waals surface area (Å²) in [5, 5.41) is 3.47. The molecule has 0 unspecified atom stereocenters. The second-order valence-electron chi connectivity index (χ2n) is 6.55. The number of allylic oxidation sites excluding steroid dienone is 4. The van der Waals surface area contributed by atoms with E-state index in [1.54, 1.807) is 5.57 Å². The fourth-order valence-corrected chi connectivity index (χ4v) is 3.69. The molecule has 0 radical (unpaired) electrons. The molecular weight excluding hydrogens is 282 g/mol. The van der Waals surface area contributed by atoms with Gasteiger partial charge in [0, 0.05) is 12.0 Å². The molecule has 0 spiro atoms. The van der Waals surface area contributed by atoms with E-state index in [9.17, 15) is 0 Å². The van der Waals surface area contributed by atoms with Crippen LogP contribution in [0.3, 0.4) is 0 Å². The van der Waals surface area contributed by atoms with E-state index in [0.717, 1.165) is 38.1 Å². The molecule has 1 fully saturated rings. The van der Waals surface area contributed by atoms with Crippen molar-refractivity contribution in [3.05, 3.63) is 58.7 Å². The molecule has 2 heterocycles. The molecule has 122 valence electrons. The minimum absolute atomic E-state index is 0.205. The van der Waals surface area contributed by atoms with Crippen molar-refractivity contribution in [2.75, 3.05) is 13.1 Å². The third-order valence-electron chi connectivity index (χ3n) is 4.70. The zero-order valence-electron chi connectivity index (χ0n) is 14.5.